The van der Waals surface area contributed by atoms with Crippen molar-refractivity contribution in [2.24, 2.45) is 0 Å². The van der Waals surface area contributed by atoms with Gasteiger partial charge >= 0.3 is 0 Å². The summed E-state index contributed by atoms with van der Waals surface area (Å²) in [5.41, 5.74) is 0.202. The molecular weight excluding hydrogens is 220 g/mol. The van der Waals surface area contributed by atoms with Crippen molar-refractivity contribution in [2.45, 2.75) is 12.6 Å². The van der Waals surface area contributed by atoms with Crippen LogP contribution in [0.2, 0.25) is 0 Å². The third-order valence-corrected chi connectivity index (χ3v) is 2.41. The first kappa shape index (κ1) is 10.9. The SMILES string of the molecule is Fc1cc(C2=CC=CCC2F)cc(F)c1F. The van der Waals surface area contributed by atoms with Crippen LogP contribution in [0.1, 0.15) is 12.0 Å². The van der Waals surface area contributed by atoms with Gasteiger partial charge in [0.05, 0.1) is 0 Å². The summed E-state index contributed by atoms with van der Waals surface area (Å²) in [5.74, 6) is -4.15. The number of hydrogen-bond acceptors (Lipinski definition) is 0. The first-order chi connectivity index (χ1) is 7.59. The van der Waals surface area contributed by atoms with E-state index >= 15 is 0 Å². The molecular formula is C12H8F4. The number of benzene rings is 1. The van der Waals surface area contributed by atoms with Gasteiger partial charge in [-0.15, -0.1) is 0 Å². The van der Waals surface area contributed by atoms with E-state index in [1.54, 1.807) is 12.2 Å². The van der Waals surface area contributed by atoms with E-state index in [-0.39, 0.29) is 17.6 Å². The minimum atomic E-state index is -1.54. The minimum Gasteiger partial charge on any atom is -0.242 e. The molecule has 0 amide bonds. The van der Waals surface area contributed by atoms with Gasteiger partial charge in [-0.3, -0.25) is 0 Å². The monoisotopic (exact) mass is 228 g/mol. The molecule has 1 atom stereocenters. The fraction of sp³-hybridized carbons (Fsp3) is 0.167. The van der Waals surface area contributed by atoms with Crippen molar-refractivity contribution >= 4 is 5.57 Å². The van der Waals surface area contributed by atoms with Crippen LogP contribution >= 0.6 is 0 Å². The Hall–Kier alpha value is -1.58. The van der Waals surface area contributed by atoms with Gasteiger partial charge in [-0.05, 0) is 23.3 Å². The fourth-order valence-electron chi connectivity index (χ4n) is 1.60. The van der Waals surface area contributed by atoms with Crippen LogP contribution in [0.5, 0.6) is 0 Å². The Kier molecular flexibility index (Phi) is 2.81. The summed E-state index contributed by atoms with van der Waals surface area (Å²) in [6.45, 7) is 0. The molecule has 0 N–H and O–H groups in total. The van der Waals surface area contributed by atoms with E-state index in [0.29, 0.717) is 0 Å². The standard InChI is InChI=1S/C12H8F4/c13-9-4-2-1-3-8(9)7-5-10(14)12(16)11(15)6-7/h1-3,5-6,9H,4H2. The Morgan fingerprint density at radius 3 is 2.25 bits per heavy atom. The van der Waals surface area contributed by atoms with Crippen LogP contribution in [0.4, 0.5) is 17.6 Å². The molecule has 2 rings (SSSR count). The second kappa shape index (κ2) is 4.12. The largest absolute Gasteiger partial charge is 0.242 e. The third-order valence-electron chi connectivity index (χ3n) is 2.41. The lowest BCUT2D eigenvalue weighted by Gasteiger charge is -2.14. The maximum atomic E-state index is 13.4. The molecule has 0 fully saturated rings. The molecule has 84 valence electrons. The molecule has 0 radical (unpaired) electrons. The molecule has 0 spiro atoms. The third kappa shape index (κ3) is 1.87. The van der Waals surface area contributed by atoms with Crippen LogP contribution in [0.25, 0.3) is 5.57 Å². The van der Waals surface area contributed by atoms with E-state index in [1.807, 2.05) is 0 Å². The average molecular weight is 228 g/mol. The number of halogens is 4. The van der Waals surface area contributed by atoms with E-state index in [1.165, 1.54) is 6.08 Å². The Balaban J connectivity index is 2.48. The van der Waals surface area contributed by atoms with Crippen molar-refractivity contribution in [2.75, 3.05) is 0 Å². The molecule has 0 heterocycles. The van der Waals surface area contributed by atoms with Gasteiger partial charge in [-0.2, -0.15) is 0 Å². The highest BCUT2D eigenvalue weighted by molar-refractivity contribution is 5.71. The quantitative estimate of drug-likeness (QED) is 0.506. The Labute approximate surface area is 89.9 Å². The van der Waals surface area contributed by atoms with Crippen LogP contribution in [-0.2, 0) is 0 Å². The smallest absolute Gasteiger partial charge is 0.194 e. The molecule has 0 saturated carbocycles. The maximum Gasteiger partial charge on any atom is 0.194 e. The highest BCUT2D eigenvalue weighted by Crippen LogP contribution is 2.28. The fourth-order valence-corrected chi connectivity index (χ4v) is 1.60. The molecule has 0 saturated heterocycles. The zero-order chi connectivity index (χ0) is 11.7. The van der Waals surface area contributed by atoms with Crippen LogP contribution in [0.15, 0.2) is 30.4 Å². The first-order valence-electron chi connectivity index (χ1n) is 4.75. The molecule has 1 aromatic rings. The Bertz CT molecular complexity index is 451. The topological polar surface area (TPSA) is 0 Å². The van der Waals surface area contributed by atoms with Gasteiger partial charge in [0.1, 0.15) is 6.17 Å². The zero-order valence-electron chi connectivity index (χ0n) is 8.18. The van der Waals surface area contributed by atoms with E-state index < -0.39 is 23.6 Å². The van der Waals surface area contributed by atoms with Gasteiger partial charge in [0.2, 0.25) is 0 Å². The molecule has 1 aliphatic carbocycles. The highest BCUT2D eigenvalue weighted by atomic mass is 19.2. The predicted molar refractivity (Wildman–Crippen MR) is 52.9 cm³/mol. The summed E-state index contributed by atoms with van der Waals surface area (Å²) in [6, 6.07) is 1.60. The van der Waals surface area contributed by atoms with E-state index in [4.69, 9.17) is 0 Å². The van der Waals surface area contributed by atoms with E-state index in [9.17, 15) is 17.6 Å². The lowest BCUT2D eigenvalue weighted by Crippen LogP contribution is -2.06. The van der Waals surface area contributed by atoms with Crippen LogP contribution in [-0.4, -0.2) is 6.17 Å². The number of hydrogen-bond donors (Lipinski definition) is 0. The lowest BCUT2D eigenvalue weighted by atomic mass is 9.95. The molecule has 1 unspecified atom stereocenters. The van der Waals surface area contributed by atoms with Crippen molar-refractivity contribution in [1.29, 1.82) is 0 Å². The van der Waals surface area contributed by atoms with Crippen LogP contribution < -0.4 is 0 Å². The lowest BCUT2D eigenvalue weighted by molar-refractivity contribution is 0.412. The van der Waals surface area contributed by atoms with Crippen LogP contribution in [0.3, 0.4) is 0 Å². The molecule has 4 heteroatoms. The van der Waals surface area contributed by atoms with Crippen molar-refractivity contribution in [3.63, 3.8) is 0 Å². The Morgan fingerprint density at radius 2 is 1.69 bits per heavy atom. The summed E-state index contributed by atoms with van der Waals surface area (Å²) < 4.78 is 52.0. The summed E-state index contributed by atoms with van der Waals surface area (Å²) in [4.78, 5) is 0. The summed E-state index contributed by atoms with van der Waals surface area (Å²) in [6.07, 6.45) is 3.50. The summed E-state index contributed by atoms with van der Waals surface area (Å²) >= 11 is 0. The number of alkyl halides is 1. The Morgan fingerprint density at radius 1 is 1.06 bits per heavy atom. The van der Waals surface area contributed by atoms with Gasteiger partial charge in [-0.1, -0.05) is 18.2 Å². The molecule has 0 nitrogen and oxygen atoms in total. The van der Waals surface area contributed by atoms with Gasteiger partial charge in [0.25, 0.3) is 0 Å². The normalized spacial score (nSPS) is 19.8. The summed E-state index contributed by atoms with van der Waals surface area (Å²) in [7, 11) is 0. The first-order valence-corrected chi connectivity index (χ1v) is 4.75. The molecule has 0 aliphatic heterocycles. The van der Waals surface area contributed by atoms with E-state index in [0.717, 1.165) is 12.1 Å². The van der Waals surface area contributed by atoms with Gasteiger partial charge in [0, 0.05) is 6.42 Å². The van der Waals surface area contributed by atoms with Gasteiger partial charge in [-0.25, -0.2) is 17.6 Å². The molecule has 0 aromatic heterocycles. The van der Waals surface area contributed by atoms with Crippen molar-refractivity contribution in [3.05, 3.63) is 53.4 Å². The van der Waals surface area contributed by atoms with Crippen molar-refractivity contribution in [1.82, 2.24) is 0 Å². The molecule has 16 heavy (non-hydrogen) atoms. The van der Waals surface area contributed by atoms with Gasteiger partial charge in [0.15, 0.2) is 17.5 Å². The number of allylic oxidation sites excluding steroid dienone is 4. The highest BCUT2D eigenvalue weighted by Gasteiger charge is 2.19. The minimum absolute atomic E-state index is 0.0354. The second-order valence-electron chi connectivity index (χ2n) is 3.51. The van der Waals surface area contributed by atoms with Gasteiger partial charge < -0.3 is 0 Å². The predicted octanol–water partition coefficient (Wildman–Crippen LogP) is 3.79. The zero-order valence-corrected chi connectivity index (χ0v) is 8.18. The second-order valence-corrected chi connectivity index (χ2v) is 3.51. The van der Waals surface area contributed by atoms with Crippen LogP contribution in [0, 0.1) is 17.5 Å². The number of rotatable bonds is 1. The van der Waals surface area contributed by atoms with E-state index in [2.05, 4.69) is 0 Å². The molecule has 1 aliphatic rings. The van der Waals surface area contributed by atoms with Crippen molar-refractivity contribution < 1.29 is 17.6 Å². The summed E-state index contributed by atoms with van der Waals surface area (Å²) in [5, 5.41) is 0. The average Bonchev–Trinajstić information content (AvgIpc) is 2.26. The maximum absolute atomic E-state index is 13.4. The molecule has 1 aromatic carbocycles. The molecule has 0 bridgehead atoms. The van der Waals surface area contributed by atoms with Crippen molar-refractivity contribution in [3.8, 4) is 0 Å².